The molecule has 0 radical (unpaired) electrons. The lowest BCUT2D eigenvalue weighted by atomic mass is 10.0. The van der Waals surface area contributed by atoms with Crippen LogP contribution in [0, 0.1) is 5.92 Å². The van der Waals surface area contributed by atoms with E-state index >= 15 is 0 Å². The molecule has 3 heterocycles. The van der Waals surface area contributed by atoms with Crippen LogP contribution < -0.4 is 4.90 Å². The summed E-state index contributed by atoms with van der Waals surface area (Å²) >= 11 is 0. The molecule has 1 saturated heterocycles. The predicted molar refractivity (Wildman–Crippen MR) is 111 cm³/mol. The van der Waals surface area contributed by atoms with Crippen molar-refractivity contribution >= 4 is 22.6 Å². The molecule has 0 unspecified atom stereocenters. The van der Waals surface area contributed by atoms with Gasteiger partial charge in [0.25, 0.3) is 0 Å². The maximum atomic E-state index is 13.4. The molecular weight excluding hydrogens is 405 g/mol. The summed E-state index contributed by atoms with van der Waals surface area (Å²) in [5.41, 5.74) is 0.683. The molecule has 1 aromatic carbocycles. The van der Waals surface area contributed by atoms with Gasteiger partial charge in [0.05, 0.1) is 5.52 Å². The smallest absolute Gasteiger partial charge is 0.353 e. The second-order valence-electron chi connectivity index (χ2n) is 8.04. The van der Waals surface area contributed by atoms with Crippen molar-refractivity contribution in [2.45, 2.75) is 19.0 Å². The van der Waals surface area contributed by atoms with Crippen LogP contribution in [0.25, 0.3) is 22.0 Å². The second kappa shape index (κ2) is 7.51. The molecule has 3 aromatic rings. The molecular formula is C23H21F3N4O. The van der Waals surface area contributed by atoms with Gasteiger partial charge in [-0.15, -0.1) is 0 Å². The van der Waals surface area contributed by atoms with Gasteiger partial charge in [-0.05, 0) is 30.5 Å². The van der Waals surface area contributed by atoms with Crippen LogP contribution in [-0.4, -0.2) is 47.0 Å². The highest BCUT2D eigenvalue weighted by molar-refractivity contribution is 5.99. The molecule has 1 aliphatic carbocycles. The zero-order chi connectivity index (χ0) is 21.6. The molecule has 1 amide bonds. The zero-order valence-corrected chi connectivity index (χ0v) is 16.8. The first-order chi connectivity index (χ1) is 14.9. The highest BCUT2D eigenvalue weighted by Crippen LogP contribution is 2.36. The molecule has 8 heteroatoms. The third kappa shape index (κ3) is 3.82. The number of rotatable bonds is 3. The van der Waals surface area contributed by atoms with Crippen LogP contribution in [0.15, 0.2) is 48.7 Å². The van der Waals surface area contributed by atoms with E-state index in [-0.39, 0.29) is 17.3 Å². The van der Waals surface area contributed by atoms with Gasteiger partial charge in [0.1, 0.15) is 11.5 Å². The Morgan fingerprint density at radius 1 is 0.968 bits per heavy atom. The van der Waals surface area contributed by atoms with E-state index < -0.39 is 11.9 Å². The van der Waals surface area contributed by atoms with Gasteiger partial charge in [0.2, 0.25) is 5.91 Å². The molecule has 31 heavy (non-hydrogen) atoms. The van der Waals surface area contributed by atoms with E-state index in [2.05, 4.69) is 9.97 Å². The SMILES string of the molecule is O=C(C1CC1)N1CCN(c2ncc(-c3ccccc3)c3nc(C(F)(F)F)ccc23)CC1. The van der Waals surface area contributed by atoms with Gasteiger partial charge in [-0.25, -0.2) is 9.97 Å². The highest BCUT2D eigenvalue weighted by Gasteiger charge is 2.35. The Hall–Kier alpha value is -3.16. The summed E-state index contributed by atoms with van der Waals surface area (Å²) in [7, 11) is 0. The highest BCUT2D eigenvalue weighted by atomic mass is 19.4. The third-order valence-electron chi connectivity index (χ3n) is 5.90. The van der Waals surface area contributed by atoms with E-state index in [4.69, 9.17) is 0 Å². The van der Waals surface area contributed by atoms with Gasteiger partial charge in [-0.3, -0.25) is 4.79 Å². The minimum Gasteiger partial charge on any atom is -0.353 e. The number of benzene rings is 1. The Kier molecular flexibility index (Phi) is 4.79. The van der Waals surface area contributed by atoms with Crippen LogP contribution in [0.2, 0.25) is 0 Å². The van der Waals surface area contributed by atoms with Crippen molar-refractivity contribution in [2.24, 2.45) is 5.92 Å². The number of carbonyl (C=O) groups excluding carboxylic acids is 1. The summed E-state index contributed by atoms with van der Waals surface area (Å²) in [4.78, 5) is 24.9. The quantitative estimate of drug-likeness (QED) is 0.624. The lowest BCUT2D eigenvalue weighted by Gasteiger charge is -2.36. The molecule has 160 valence electrons. The molecule has 0 bridgehead atoms. The average molecular weight is 426 g/mol. The number of amides is 1. The number of fused-ring (bicyclic) bond motifs is 1. The number of alkyl halides is 3. The molecule has 1 saturated carbocycles. The van der Waals surface area contributed by atoms with E-state index in [1.165, 1.54) is 6.07 Å². The Balaban J connectivity index is 1.53. The lowest BCUT2D eigenvalue weighted by Crippen LogP contribution is -2.49. The van der Waals surface area contributed by atoms with E-state index in [1.807, 2.05) is 40.1 Å². The number of piperazine rings is 1. The topological polar surface area (TPSA) is 49.3 Å². The van der Waals surface area contributed by atoms with Crippen LogP contribution in [0.4, 0.5) is 19.0 Å². The Labute approximate surface area is 177 Å². The lowest BCUT2D eigenvalue weighted by molar-refractivity contribution is -0.141. The number of pyridine rings is 2. The summed E-state index contributed by atoms with van der Waals surface area (Å²) in [5.74, 6) is 1.00. The number of aromatic nitrogens is 2. The molecule has 2 aromatic heterocycles. The maximum absolute atomic E-state index is 13.4. The van der Waals surface area contributed by atoms with Gasteiger partial charge < -0.3 is 9.80 Å². The number of nitrogens with zero attached hydrogens (tertiary/aromatic N) is 4. The fraction of sp³-hybridized carbons (Fsp3) is 0.348. The summed E-state index contributed by atoms with van der Waals surface area (Å²) in [6, 6.07) is 11.7. The molecule has 2 aliphatic rings. The van der Waals surface area contributed by atoms with Crippen LogP contribution >= 0.6 is 0 Å². The number of anilines is 1. The molecule has 2 fully saturated rings. The second-order valence-corrected chi connectivity index (χ2v) is 8.04. The minimum absolute atomic E-state index is 0.181. The minimum atomic E-state index is -4.53. The average Bonchev–Trinajstić information content (AvgIpc) is 3.63. The van der Waals surface area contributed by atoms with Crippen molar-refractivity contribution in [1.29, 1.82) is 0 Å². The summed E-state index contributed by atoms with van der Waals surface area (Å²) in [6.07, 6.45) is -0.985. The summed E-state index contributed by atoms with van der Waals surface area (Å²) < 4.78 is 40.1. The molecule has 1 aliphatic heterocycles. The van der Waals surface area contributed by atoms with Crippen molar-refractivity contribution in [2.75, 3.05) is 31.1 Å². The van der Waals surface area contributed by atoms with E-state index in [0.29, 0.717) is 42.9 Å². The van der Waals surface area contributed by atoms with Crippen molar-refractivity contribution in [3.8, 4) is 11.1 Å². The first-order valence-electron chi connectivity index (χ1n) is 10.4. The normalized spacial score (nSPS) is 17.3. The van der Waals surface area contributed by atoms with Gasteiger partial charge in [0.15, 0.2) is 0 Å². The molecule has 5 nitrogen and oxygen atoms in total. The first-order valence-corrected chi connectivity index (χ1v) is 10.4. The Morgan fingerprint density at radius 3 is 2.32 bits per heavy atom. The van der Waals surface area contributed by atoms with Crippen LogP contribution in [0.1, 0.15) is 18.5 Å². The van der Waals surface area contributed by atoms with E-state index in [0.717, 1.165) is 24.5 Å². The van der Waals surface area contributed by atoms with Gasteiger partial charge in [-0.1, -0.05) is 30.3 Å². The van der Waals surface area contributed by atoms with Gasteiger partial charge in [0, 0.05) is 49.2 Å². The van der Waals surface area contributed by atoms with Crippen LogP contribution in [-0.2, 0) is 11.0 Å². The molecule has 0 N–H and O–H groups in total. The zero-order valence-electron chi connectivity index (χ0n) is 16.8. The number of hydrogen-bond acceptors (Lipinski definition) is 4. The fourth-order valence-electron chi connectivity index (χ4n) is 4.07. The predicted octanol–water partition coefficient (Wildman–Crippen LogP) is 4.37. The van der Waals surface area contributed by atoms with Crippen LogP contribution in [0.5, 0.6) is 0 Å². The number of hydrogen-bond donors (Lipinski definition) is 0. The summed E-state index contributed by atoms with van der Waals surface area (Å²) in [5, 5.41) is 0.580. The molecule has 0 spiro atoms. The first kappa shape index (κ1) is 19.8. The Morgan fingerprint density at radius 2 is 1.68 bits per heavy atom. The maximum Gasteiger partial charge on any atom is 0.433 e. The fourth-order valence-corrected chi connectivity index (χ4v) is 4.07. The van der Waals surface area contributed by atoms with E-state index in [1.54, 1.807) is 6.20 Å². The molecule has 5 rings (SSSR count). The Bertz CT molecular complexity index is 1120. The monoisotopic (exact) mass is 426 g/mol. The largest absolute Gasteiger partial charge is 0.433 e. The van der Waals surface area contributed by atoms with Crippen molar-refractivity contribution in [3.63, 3.8) is 0 Å². The van der Waals surface area contributed by atoms with Crippen molar-refractivity contribution < 1.29 is 18.0 Å². The van der Waals surface area contributed by atoms with E-state index in [9.17, 15) is 18.0 Å². The van der Waals surface area contributed by atoms with Crippen LogP contribution in [0.3, 0.4) is 0 Å². The summed E-state index contributed by atoms with van der Waals surface area (Å²) in [6.45, 7) is 2.36. The van der Waals surface area contributed by atoms with Gasteiger partial charge >= 0.3 is 6.18 Å². The van der Waals surface area contributed by atoms with Crippen molar-refractivity contribution in [1.82, 2.24) is 14.9 Å². The number of carbonyl (C=O) groups is 1. The van der Waals surface area contributed by atoms with Crippen molar-refractivity contribution in [3.05, 3.63) is 54.4 Å². The third-order valence-corrected chi connectivity index (χ3v) is 5.90. The molecule has 0 atom stereocenters. The van der Waals surface area contributed by atoms with Gasteiger partial charge in [-0.2, -0.15) is 13.2 Å². The standard InChI is InChI=1S/C23H21F3N4O/c24-23(25,26)19-9-8-17-20(28-19)18(15-4-2-1-3-5-15)14-27-21(17)29-10-12-30(13-11-29)22(31)16-6-7-16/h1-5,8-9,14,16H,6-7,10-13H2. The number of halogens is 3.